The summed E-state index contributed by atoms with van der Waals surface area (Å²) in [6, 6.07) is 8.28. The predicted octanol–water partition coefficient (Wildman–Crippen LogP) is 3.54. The number of nitrogens with zero attached hydrogens (tertiary/aromatic N) is 1. The predicted molar refractivity (Wildman–Crippen MR) is 68.5 cm³/mol. The van der Waals surface area contributed by atoms with Crippen molar-refractivity contribution in [3.05, 3.63) is 54.3 Å². The summed E-state index contributed by atoms with van der Waals surface area (Å²) in [7, 11) is 0. The largest absolute Gasteiger partial charge is 0.360 e. The molecule has 16 heavy (non-hydrogen) atoms. The van der Waals surface area contributed by atoms with E-state index < -0.39 is 0 Å². The summed E-state index contributed by atoms with van der Waals surface area (Å²) in [6.07, 6.45) is 11.1. The maximum absolute atomic E-state index is 4.47. The number of aromatic amines is 1. The van der Waals surface area contributed by atoms with Crippen molar-refractivity contribution in [3.63, 3.8) is 0 Å². The van der Waals surface area contributed by atoms with Crippen LogP contribution in [-0.4, -0.2) is 11.2 Å². The molecule has 1 aliphatic heterocycles. The molecular formula is C14H12N2. The summed E-state index contributed by atoms with van der Waals surface area (Å²) in [4.78, 5) is 7.74. The molecule has 0 atom stereocenters. The van der Waals surface area contributed by atoms with Crippen molar-refractivity contribution >= 4 is 22.8 Å². The summed E-state index contributed by atoms with van der Waals surface area (Å²) >= 11 is 0. The molecule has 0 saturated carbocycles. The molecule has 1 aliphatic rings. The van der Waals surface area contributed by atoms with Crippen molar-refractivity contribution in [2.75, 3.05) is 0 Å². The molecular weight excluding hydrogens is 196 g/mol. The van der Waals surface area contributed by atoms with Gasteiger partial charge in [0.2, 0.25) is 0 Å². The zero-order valence-corrected chi connectivity index (χ0v) is 8.85. The Morgan fingerprint density at radius 1 is 1.19 bits per heavy atom. The molecule has 1 N–H and O–H groups in total. The van der Waals surface area contributed by atoms with E-state index in [2.05, 4.69) is 46.4 Å². The molecule has 3 rings (SSSR count). The van der Waals surface area contributed by atoms with Crippen LogP contribution in [0.15, 0.2) is 53.7 Å². The Balaban J connectivity index is 2.19. The van der Waals surface area contributed by atoms with E-state index >= 15 is 0 Å². The van der Waals surface area contributed by atoms with Crippen molar-refractivity contribution in [3.8, 4) is 0 Å². The molecule has 78 valence electrons. The molecule has 0 saturated heterocycles. The summed E-state index contributed by atoms with van der Waals surface area (Å²) in [6.45, 7) is 0. The van der Waals surface area contributed by atoms with E-state index in [1.165, 1.54) is 10.9 Å². The number of benzene rings is 1. The number of aromatic nitrogens is 1. The number of para-hydroxylation sites is 1. The zero-order chi connectivity index (χ0) is 10.8. The van der Waals surface area contributed by atoms with Crippen LogP contribution in [0.3, 0.4) is 0 Å². The van der Waals surface area contributed by atoms with Gasteiger partial charge in [0.05, 0.1) is 5.70 Å². The van der Waals surface area contributed by atoms with Gasteiger partial charge in [0.1, 0.15) is 0 Å². The monoisotopic (exact) mass is 208 g/mol. The number of H-pyrrole nitrogens is 1. The number of allylic oxidation sites excluding steroid dienone is 3. The average molecular weight is 208 g/mol. The van der Waals surface area contributed by atoms with Crippen molar-refractivity contribution in [2.24, 2.45) is 4.99 Å². The molecule has 0 bridgehead atoms. The van der Waals surface area contributed by atoms with Gasteiger partial charge in [-0.15, -0.1) is 0 Å². The normalized spacial score (nSPS) is 15.1. The van der Waals surface area contributed by atoms with E-state index in [1.54, 1.807) is 0 Å². The average Bonchev–Trinajstić information content (AvgIpc) is 2.57. The van der Waals surface area contributed by atoms with Crippen LogP contribution in [0.1, 0.15) is 12.0 Å². The number of hydrogen-bond donors (Lipinski definition) is 1. The van der Waals surface area contributed by atoms with Crippen LogP contribution in [-0.2, 0) is 0 Å². The third-order valence-corrected chi connectivity index (χ3v) is 2.73. The third kappa shape index (κ3) is 1.48. The fraction of sp³-hybridized carbons (Fsp3) is 0.0714. The minimum Gasteiger partial charge on any atom is -0.360 e. The molecule has 1 aromatic heterocycles. The molecule has 0 radical (unpaired) electrons. The van der Waals surface area contributed by atoms with Gasteiger partial charge in [0.25, 0.3) is 0 Å². The van der Waals surface area contributed by atoms with Gasteiger partial charge in [-0.2, -0.15) is 0 Å². The maximum Gasteiger partial charge on any atom is 0.0719 e. The van der Waals surface area contributed by atoms with Gasteiger partial charge < -0.3 is 4.98 Å². The first-order chi connectivity index (χ1) is 7.95. The summed E-state index contributed by atoms with van der Waals surface area (Å²) in [5.41, 5.74) is 3.34. The Hall–Kier alpha value is -2.09. The van der Waals surface area contributed by atoms with Crippen LogP contribution in [0.25, 0.3) is 16.6 Å². The van der Waals surface area contributed by atoms with Crippen LogP contribution in [0, 0.1) is 0 Å². The Kier molecular flexibility index (Phi) is 2.18. The number of rotatable bonds is 1. The van der Waals surface area contributed by atoms with Crippen molar-refractivity contribution in [1.82, 2.24) is 4.98 Å². The Labute approximate surface area is 94.0 Å². The summed E-state index contributed by atoms with van der Waals surface area (Å²) < 4.78 is 0. The van der Waals surface area contributed by atoms with E-state index in [1.807, 2.05) is 18.5 Å². The van der Waals surface area contributed by atoms with Crippen LogP contribution in [0.2, 0.25) is 0 Å². The van der Waals surface area contributed by atoms with E-state index in [-0.39, 0.29) is 0 Å². The molecule has 0 amide bonds. The second-order valence-corrected chi connectivity index (χ2v) is 3.78. The highest BCUT2D eigenvalue weighted by atomic mass is 14.8. The summed E-state index contributed by atoms with van der Waals surface area (Å²) in [5, 5.41) is 1.22. The van der Waals surface area contributed by atoms with Gasteiger partial charge in [-0.3, -0.25) is 4.99 Å². The molecule has 2 heterocycles. The van der Waals surface area contributed by atoms with Gasteiger partial charge in [-0.25, -0.2) is 0 Å². The Morgan fingerprint density at radius 2 is 2.12 bits per heavy atom. The fourth-order valence-electron chi connectivity index (χ4n) is 1.94. The van der Waals surface area contributed by atoms with Gasteiger partial charge in [0, 0.05) is 35.3 Å². The molecule has 0 spiro atoms. The first kappa shape index (κ1) is 9.16. The number of fused-ring (bicyclic) bond motifs is 1. The lowest BCUT2D eigenvalue weighted by atomic mass is 10.1. The number of hydrogen-bond acceptors (Lipinski definition) is 1. The maximum atomic E-state index is 4.47. The van der Waals surface area contributed by atoms with Crippen LogP contribution >= 0.6 is 0 Å². The second kappa shape index (κ2) is 3.81. The SMILES string of the molecule is C1=CCC=NC(c2c[nH]c3ccccc23)=C1. The highest BCUT2D eigenvalue weighted by Gasteiger charge is 2.06. The van der Waals surface area contributed by atoms with E-state index in [0.29, 0.717) is 0 Å². The summed E-state index contributed by atoms with van der Waals surface area (Å²) in [5.74, 6) is 0. The molecule has 2 heteroatoms. The van der Waals surface area contributed by atoms with E-state index in [9.17, 15) is 0 Å². The molecule has 1 aromatic carbocycles. The highest BCUT2D eigenvalue weighted by Crippen LogP contribution is 2.26. The minimum atomic E-state index is 0.905. The van der Waals surface area contributed by atoms with E-state index in [0.717, 1.165) is 17.6 Å². The van der Waals surface area contributed by atoms with Gasteiger partial charge in [0.15, 0.2) is 0 Å². The standard InChI is InChI=1S/C14H12N2/c1-2-7-14(15-9-5-1)12-10-16-13-8-4-3-6-11(12)13/h1-4,6-10,16H,5H2. The van der Waals surface area contributed by atoms with Gasteiger partial charge in [-0.1, -0.05) is 30.4 Å². The second-order valence-electron chi connectivity index (χ2n) is 3.78. The van der Waals surface area contributed by atoms with Crippen molar-refractivity contribution < 1.29 is 0 Å². The van der Waals surface area contributed by atoms with Crippen molar-refractivity contribution in [2.45, 2.75) is 6.42 Å². The Bertz CT molecular complexity index is 600. The van der Waals surface area contributed by atoms with Crippen LogP contribution in [0.4, 0.5) is 0 Å². The number of nitrogens with one attached hydrogen (secondary N) is 1. The number of aliphatic imine (C=N–C) groups is 1. The Morgan fingerprint density at radius 3 is 3.12 bits per heavy atom. The van der Waals surface area contributed by atoms with Crippen LogP contribution < -0.4 is 0 Å². The fourth-order valence-corrected chi connectivity index (χ4v) is 1.94. The molecule has 2 nitrogen and oxygen atoms in total. The first-order valence-electron chi connectivity index (χ1n) is 5.41. The highest BCUT2D eigenvalue weighted by molar-refractivity contribution is 5.94. The van der Waals surface area contributed by atoms with E-state index in [4.69, 9.17) is 0 Å². The smallest absolute Gasteiger partial charge is 0.0719 e. The lowest BCUT2D eigenvalue weighted by molar-refractivity contribution is 1.44. The molecule has 2 aromatic rings. The quantitative estimate of drug-likeness (QED) is 0.742. The van der Waals surface area contributed by atoms with Gasteiger partial charge in [-0.05, 0) is 12.1 Å². The third-order valence-electron chi connectivity index (χ3n) is 2.73. The molecule has 0 unspecified atom stereocenters. The van der Waals surface area contributed by atoms with Crippen molar-refractivity contribution in [1.29, 1.82) is 0 Å². The molecule has 0 aliphatic carbocycles. The minimum absolute atomic E-state index is 0.905. The lowest BCUT2D eigenvalue weighted by Gasteiger charge is -1.97. The zero-order valence-electron chi connectivity index (χ0n) is 8.85. The topological polar surface area (TPSA) is 28.1 Å². The first-order valence-corrected chi connectivity index (χ1v) is 5.41. The van der Waals surface area contributed by atoms with Gasteiger partial charge >= 0.3 is 0 Å². The molecule has 0 fully saturated rings. The van der Waals surface area contributed by atoms with Crippen LogP contribution in [0.5, 0.6) is 0 Å². The lowest BCUT2D eigenvalue weighted by Crippen LogP contribution is -1.78.